The van der Waals surface area contributed by atoms with E-state index in [2.05, 4.69) is 85.8 Å². The highest BCUT2D eigenvalue weighted by atomic mass is 14.7. The molecule has 0 saturated carbocycles. The van der Waals surface area contributed by atoms with Gasteiger partial charge in [-0.1, -0.05) is 74.0 Å². The van der Waals surface area contributed by atoms with E-state index in [4.69, 9.17) is 5.73 Å². The Morgan fingerprint density at radius 1 is 0.621 bits per heavy atom. The van der Waals surface area contributed by atoms with Crippen molar-refractivity contribution >= 4 is 32.3 Å². The van der Waals surface area contributed by atoms with E-state index in [1.165, 1.54) is 60.1 Å². The van der Waals surface area contributed by atoms with E-state index >= 15 is 0 Å². The molecule has 6 rings (SSSR count). The van der Waals surface area contributed by atoms with Crippen molar-refractivity contribution in [3.63, 3.8) is 0 Å². The standard InChI is InChI=1S/C26H19N.C2H6/c1-15-6-7-17-11-19-14-24-23(13-20(19)12-18(17)10-15)25-21-5-3-2-4-16(21)8-9-22(25)26(24)27;1-2/h2-14,26H,27H2,1H3;1-2H3. The SMILES string of the molecule is CC.Cc1ccc2cc3cc4c(cc3cc2c1)-c1c(ccc2ccccc12)C4N. The van der Waals surface area contributed by atoms with Crippen molar-refractivity contribution in [3.05, 3.63) is 95.6 Å². The first-order valence-corrected chi connectivity index (χ1v) is 10.4. The molecule has 0 aliphatic heterocycles. The predicted octanol–water partition coefficient (Wildman–Crippen LogP) is 7.51. The molecule has 0 aromatic heterocycles. The number of fused-ring (bicyclic) bond motifs is 7. The van der Waals surface area contributed by atoms with Gasteiger partial charge in [0.25, 0.3) is 0 Å². The van der Waals surface area contributed by atoms with Gasteiger partial charge in [0, 0.05) is 0 Å². The lowest BCUT2D eigenvalue weighted by Crippen LogP contribution is -2.07. The first kappa shape index (κ1) is 17.9. The number of hydrogen-bond acceptors (Lipinski definition) is 1. The minimum atomic E-state index is -0.0577. The smallest absolute Gasteiger partial charge is 0.0564 e. The van der Waals surface area contributed by atoms with Gasteiger partial charge in [-0.2, -0.15) is 0 Å². The highest BCUT2D eigenvalue weighted by Gasteiger charge is 2.27. The molecular formula is C28H25N. The Labute approximate surface area is 171 Å². The monoisotopic (exact) mass is 375 g/mol. The van der Waals surface area contributed by atoms with Crippen LogP contribution in [0.3, 0.4) is 0 Å². The summed E-state index contributed by atoms with van der Waals surface area (Å²) in [5.41, 5.74) is 13.0. The van der Waals surface area contributed by atoms with Gasteiger partial charge in [0.05, 0.1) is 6.04 Å². The van der Waals surface area contributed by atoms with E-state index in [0.29, 0.717) is 0 Å². The molecule has 0 radical (unpaired) electrons. The lowest BCUT2D eigenvalue weighted by molar-refractivity contribution is 0.903. The molecule has 1 unspecified atom stereocenters. The maximum absolute atomic E-state index is 6.67. The third kappa shape index (κ3) is 2.66. The van der Waals surface area contributed by atoms with Gasteiger partial charge in [0.1, 0.15) is 0 Å². The third-order valence-corrected chi connectivity index (χ3v) is 6.02. The zero-order valence-corrected chi connectivity index (χ0v) is 17.2. The van der Waals surface area contributed by atoms with Gasteiger partial charge in [-0.3, -0.25) is 0 Å². The normalized spacial score (nSPS) is 14.6. The summed E-state index contributed by atoms with van der Waals surface area (Å²) in [6, 6.07) is 28.8. The Hall–Kier alpha value is -3.16. The largest absolute Gasteiger partial charge is 0.320 e. The Morgan fingerprint density at radius 3 is 2.17 bits per heavy atom. The van der Waals surface area contributed by atoms with Crippen LogP contribution < -0.4 is 5.73 Å². The van der Waals surface area contributed by atoms with Crippen LogP contribution in [0, 0.1) is 6.92 Å². The van der Waals surface area contributed by atoms with Gasteiger partial charge in [-0.25, -0.2) is 0 Å². The summed E-state index contributed by atoms with van der Waals surface area (Å²) in [4.78, 5) is 0. The average Bonchev–Trinajstić information content (AvgIpc) is 3.04. The molecule has 0 saturated heterocycles. The minimum absolute atomic E-state index is 0.0577. The fraction of sp³-hybridized carbons (Fsp3) is 0.143. The van der Waals surface area contributed by atoms with Gasteiger partial charge in [-0.15, -0.1) is 0 Å². The van der Waals surface area contributed by atoms with Gasteiger partial charge < -0.3 is 5.73 Å². The highest BCUT2D eigenvalue weighted by molar-refractivity contribution is 6.06. The number of benzene rings is 5. The van der Waals surface area contributed by atoms with E-state index in [1.54, 1.807) is 0 Å². The molecule has 5 aromatic carbocycles. The summed E-state index contributed by atoms with van der Waals surface area (Å²) in [5, 5.41) is 7.67. The fourth-order valence-electron chi connectivity index (χ4n) is 4.68. The van der Waals surface area contributed by atoms with E-state index in [9.17, 15) is 0 Å². The maximum atomic E-state index is 6.67. The van der Waals surface area contributed by atoms with Crippen LogP contribution in [0.2, 0.25) is 0 Å². The number of nitrogens with two attached hydrogens (primary N) is 1. The van der Waals surface area contributed by atoms with Gasteiger partial charge in [0.2, 0.25) is 0 Å². The zero-order chi connectivity index (χ0) is 20.1. The minimum Gasteiger partial charge on any atom is -0.320 e. The lowest BCUT2D eigenvalue weighted by Gasteiger charge is -2.09. The zero-order valence-electron chi connectivity index (χ0n) is 17.2. The maximum Gasteiger partial charge on any atom is 0.0564 e. The van der Waals surface area contributed by atoms with Crippen molar-refractivity contribution in [2.75, 3.05) is 0 Å². The molecule has 29 heavy (non-hydrogen) atoms. The molecule has 1 nitrogen and oxygen atoms in total. The fourth-order valence-corrected chi connectivity index (χ4v) is 4.68. The van der Waals surface area contributed by atoms with Crippen LogP contribution in [0.5, 0.6) is 0 Å². The predicted molar refractivity (Wildman–Crippen MR) is 127 cm³/mol. The molecule has 0 heterocycles. The van der Waals surface area contributed by atoms with E-state index < -0.39 is 0 Å². The summed E-state index contributed by atoms with van der Waals surface area (Å²) in [7, 11) is 0. The van der Waals surface area contributed by atoms with E-state index in [-0.39, 0.29) is 6.04 Å². The molecule has 0 spiro atoms. The summed E-state index contributed by atoms with van der Waals surface area (Å²) in [5.74, 6) is 0. The van der Waals surface area contributed by atoms with Crippen LogP contribution in [0.4, 0.5) is 0 Å². The Bertz CT molecular complexity index is 1390. The second-order valence-electron chi connectivity index (χ2n) is 7.72. The Morgan fingerprint density at radius 2 is 1.31 bits per heavy atom. The van der Waals surface area contributed by atoms with Crippen LogP contribution >= 0.6 is 0 Å². The van der Waals surface area contributed by atoms with Crippen LogP contribution in [-0.4, -0.2) is 0 Å². The first-order valence-electron chi connectivity index (χ1n) is 10.4. The van der Waals surface area contributed by atoms with Crippen LogP contribution in [0.15, 0.2) is 78.9 Å². The van der Waals surface area contributed by atoms with Gasteiger partial charge in [-0.05, 0) is 85.8 Å². The van der Waals surface area contributed by atoms with Gasteiger partial charge >= 0.3 is 0 Å². The molecular weight excluding hydrogens is 350 g/mol. The van der Waals surface area contributed by atoms with Crippen molar-refractivity contribution in [2.45, 2.75) is 26.8 Å². The van der Waals surface area contributed by atoms with Crippen LogP contribution in [0.1, 0.15) is 36.6 Å². The molecule has 1 aliphatic carbocycles. The molecule has 0 bridgehead atoms. The number of rotatable bonds is 0. The topological polar surface area (TPSA) is 26.0 Å². The Kier molecular flexibility index (Phi) is 4.15. The molecule has 2 N–H and O–H groups in total. The molecule has 0 fully saturated rings. The summed E-state index contributed by atoms with van der Waals surface area (Å²) >= 11 is 0. The summed E-state index contributed by atoms with van der Waals surface area (Å²) in [6.45, 7) is 6.15. The quantitative estimate of drug-likeness (QED) is 0.278. The van der Waals surface area contributed by atoms with Crippen molar-refractivity contribution < 1.29 is 0 Å². The van der Waals surface area contributed by atoms with Crippen molar-refractivity contribution in [3.8, 4) is 11.1 Å². The first-order chi connectivity index (χ1) is 14.2. The molecule has 1 heteroatoms. The molecule has 0 amide bonds. The van der Waals surface area contributed by atoms with Gasteiger partial charge in [0.15, 0.2) is 0 Å². The average molecular weight is 376 g/mol. The van der Waals surface area contributed by atoms with Crippen molar-refractivity contribution in [1.29, 1.82) is 0 Å². The number of aryl methyl sites for hydroxylation is 1. The Balaban J connectivity index is 0.000000882. The van der Waals surface area contributed by atoms with Crippen molar-refractivity contribution in [2.24, 2.45) is 5.73 Å². The summed E-state index contributed by atoms with van der Waals surface area (Å²) in [6.07, 6.45) is 0. The van der Waals surface area contributed by atoms with E-state index in [1.807, 2.05) is 13.8 Å². The molecule has 142 valence electrons. The molecule has 1 atom stereocenters. The number of hydrogen-bond donors (Lipinski definition) is 1. The molecule has 5 aromatic rings. The second-order valence-corrected chi connectivity index (χ2v) is 7.72. The highest BCUT2D eigenvalue weighted by Crippen LogP contribution is 2.47. The van der Waals surface area contributed by atoms with Crippen LogP contribution in [-0.2, 0) is 0 Å². The molecule has 1 aliphatic rings. The lowest BCUT2D eigenvalue weighted by atomic mass is 9.95. The third-order valence-electron chi connectivity index (χ3n) is 6.02. The second kappa shape index (κ2) is 6.72. The summed E-state index contributed by atoms with van der Waals surface area (Å²) < 4.78 is 0. The van der Waals surface area contributed by atoms with E-state index in [0.717, 1.165) is 0 Å². The van der Waals surface area contributed by atoms with Crippen molar-refractivity contribution in [1.82, 2.24) is 0 Å². The van der Waals surface area contributed by atoms with Crippen LogP contribution in [0.25, 0.3) is 43.4 Å².